The highest BCUT2D eigenvalue weighted by molar-refractivity contribution is 5.88. The van der Waals surface area contributed by atoms with Crippen molar-refractivity contribution in [2.75, 3.05) is 0 Å². The third-order valence-electron chi connectivity index (χ3n) is 2.64. The van der Waals surface area contributed by atoms with E-state index in [0.717, 1.165) is 5.56 Å². The second-order valence-electron chi connectivity index (χ2n) is 5.95. The zero-order valence-electron chi connectivity index (χ0n) is 13.5. The molecular weight excluding hydrogens is 300 g/mol. The Morgan fingerprint density at radius 1 is 1.17 bits per heavy atom. The number of benzene rings is 1. The predicted molar refractivity (Wildman–Crippen MR) is 83.2 cm³/mol. The number of nitrogens with one attached hydrogen (secondary N) is 1. The van der Waals surface area contributed by atoms with Crippen molar-refractivity contribution in [1.29, 1.82) is 0 Å². The van der Waals surface area contributed by atoms with Crippen molar-refractivity contribution in [2.24, 2.45) is 5.73 Å². The third kappa shape index (κ3) is 7.85. The molecule has 126 valence electrons. The molecule has 1 rings (SSSR count). The molecule has 0 saturated carbocycles. The van der Waals surface area contributed by atoms with E-state index in [1.807, 2.05) is 18.2 Å². The summed E-state index contributed by atoms with van der Waals surface area (Å²) in [5.41, 5.74) is 5.30. The molecule has 0 aliphatic carbocycles. The maximum atomic E-state index is 11.7. The Balaban J connectivity index is 2.50. The van der Waals surface area contributed by atoms with Gasteiger partial charge in [0.1, 0.15) is 18.2 Å². The Bertz CT molecular complexity index is 551. The number of nitrogens with two attached hydrogens (primary N) is 1. The molecule has 23 heavy (non-hydrogen) atoms. The van der Waals surface area contributed by atoms with Crippen LogP contribution in [-0.2, 0) is 25.7 Å². The summed E-state index contributed by atoms with van der Waals surface area (Å²) in [4.78, 5) is 34.8. The van der Waals surface area contributed by atoms with Crippen LogP contribution in [0.3, 0.4) is 0 Å². The fourth-order valence-corrected chi connectivity index (χ4v) is 1.68. The van der Waals surface area contributed by atoms with Crippen LogP contribution in [0, 0.1) is 0 Å². The van der Waals surface area contributed by atoms with E-state index < -0.39 is 29.6 Å². The van der Waals surface area contributed by atoms with Crippen molar-refractivity contribution in [2.45, 2.75) is 45.4 Å². The van der Waals surface area contributed by atoms with Gasteiger partial charge in [0.15, 0.2) is 0 Å². The van der Waals surface area contributed by atoms with E-state index in [9.17, 15) is 14.4 Å². The van der Waals surface area contributed by atoms with E-state index >= 15 is 0 Å². The summed E-state index contributed by atoms with van der Waals surface area (Å²) < 4.78 is 10.1. The molecule has 1 aromatic rings. The van der Waals surface area contributed by atoms with E-state index in [4.69, 9.17) is 15.2 Å². The SMILES string of the molecule is CC(C)(C)OC(=O)C[C@H](NC(=O)OCc1ccccc1)C(N)=O. The molecule has 0 heterocycles. The van der Waals surface area contributed by atoms with Crippen molar-refractivity contribution in [3.8, 4) is 0 Å². The predicted octanol–water partition coefficient (Wildman–Crippen LogP) is 1.50. The molecule has 0 unspecified atom stereocenters. The molecule has 0 spiro atoms. The number of hydrogen-bond acceptors (Lipinski definition) is 5. The average Bonchev–Trinajstić information content (AvgIpc) is 2.43. The largest absolute Gasteiger partial charge is 0.460 e. The Morgan fingerprint density at radius 2 is 1.78 bits per heavy atom. The van der Waals surface area contributed by atoms with Crippen LogP contribution in [0.5, 0.6) is 0 Å². The lowest BCUT2D eigenvalue weighted by Crippen LogP contribution is -2.46. The zero-order chi connectivity index (χ0) is 17.5. The number of hydrogen-bond donors (Lipinski definition) is 2. The van der Waals surface area contributed by atoms with Crippen molar-refractivity contribution in [1.82, 2.24) is 5.32 Å². The van der Waals surface area contributed by atoms with Gasteiger partial charge in [0.25, 0.3) is 0 Å². The number of ether oxygens (including phenoxy) is 2. The van der Waals surface area contributed by atoms with Crippen LogP contribution in [-0.4, -0.2) is 29.6 Å². The van der Waals surface area contributed by atoms with Crippen LogP contribution < -0.4 is 11.1 Å². The van der Waals surface area contributed by atoms with Crippen LogP contribution in [0.25, 0.3) is 0 Å². The minimum Gasteiger partial charge on any atom is -0.460 e. The van der Waals surface area contributed by atoms with Gasteiger partial charge in [-0.05, 0) is 26.3 Å². The molecule has 3 N–H and O–H groups in total. The summed E-state index contributed by atoms with van der Waals surface area (Å²) in [5, 5.41) is 2.27. The van der Waals surface area contributed by atoms with Gasteiger partial charge in [-0.15, -0.1) is 0 Å². The van der Waals surface area contributed by atoms with Crippen LogP contribution in [0.2, 0.25) is 0 Å². The Morgan fingerprint density at radius 3 is 2.30 bits per heavy atom. The third-order valence-corrected chi connectivity index (χ3v) is 2.64. The van der Waals surface area contributed by atoms with Gasteiger partial charge < -0.3 is 20.5 Å². The van der Waals surface area contributed by atoms with Crippen molar-refractivity contribution >= 4 is 18.0 Å². The number of carbonyl (C=O) groups is 3. The molecule has 1 atom stereocenters. The first-order valence-electron chi connectivity index (χ1n) is 7.16. The quantitative estimate of drug-likeness (QED) is 0.772. The second-order valence-corrected chi connectivity index (χ2v) is 5.95. The Labute approximate surface area is 135 Å². The van der Waals surface area contributed by atoms with Gasteiger partial charge >= 0.3 is 12.1 Å². The fraction of sp³-hybridized carbons (Fsp3) is 0.438. The van der Waals surface area contributed by atoms with Gasteiger partial charge in [0.05, 0.1) is 6.42 Å². The van der Waals surface area contributed by atoms with E-state index in [2.05, 4.69) is 5.32 Å². The summed E-state index contributed by atoms with van der Waals surface area (Å²) in [6, 6.07) is 7.86. The maximum absolute atomic E-state index is 11.7. The molecule has 2 amide bonds. The number of carbonyl (C=O) groups excluding carboxylic acids is 3. The monoisotopic (exact) mass is 322 g/mol. The van der Waals surface area contributed by atoms with Gasteiger partial charge in [-0.2, -0.15) is 0 Å². The van der Waals surface area contributed by atoms with Crippen molar-refractivity contribution in [3.05, 3.63) is 35.9 Å². The number of rotatable bonds is 6. The highest BCUT2D eigenvalue weighted by Crippen LogP contribution is 2.09. The summed E-state index contributed by atoms with van der Waals surface area (Å²) in [7, 11) is 0. The molecule has 1 aromatic carbocycles. The van der Waals surface area contributed by atoms with E-state index in [-0.39, 0.29) is 13.0 Å². The molecule has 0 aliphatic rings. The van der Waals surface area contributed by atoms with Crippen LogP contribution in [0.15, 0.2) is 30.3 Å². The first kappa shape index (κ1) is 18.5. The standard InChI is InChI=1S/C16H22N2O5/c1-16(2,3)23-13(19)9-12(14(17)20)18-15(21)22-10-11-7-5-4-6-8-11/h4-8,12H,9-10H2,1-3H3,(H2,17,20)(H,18,21)/t12-/m0/s1. The first-order valence-corrected chi connectivity index (χ1v) is 7.16. The first-order chi connectivity index (χ1) is 10.7. The molecule has 0 aliphatic heterocycles. The van der Waals surface area contributed by atoms with Gasteiger partial charge in [0, 0.05) is 0 Å². The summed E-state index contributed by atoms with van der Waals surface area (Å²) >= 11 is 0. The van der Waals surface area contributed by atoms with E-state index in [1.54, 1.807) is 32.9 Å². The summed E-state index contributed by atoms with van der Waals surface area (Å²) in [5.74, 6) is -1.47. The number of alkyl carbamates (subject to hydrolysis) is 1. The molecule has 0 aromatic heterocycles. The van der Waals surface area contributed by atoms with Gasteiger partial charge in [0.2, 0.25) is 5.91 Å². The lowest BCUT2D eigenvalue weighted by atomic mass is 10.1. The molecule has 0 fully saturated rings. The summed E-state index contributed by atoms with van der Waals surface area (Å²) in [6.45, 7) is 5.15. The van der Waals surface area contributed by atoms with Gasteiger partial charge in [-0.3, -0.25) is 9.59 Å². The van der Waals surface area contributed by atoms with Crippen LogP contribution in [0.4, 0.5) is 4.79 Å². The lowest BCUT2D eigenvalue weighted by molar-refractivity contribution is -0.156. The highest BCUT2D eigenvalue weighted by atomic mass is 16.6. The van der Waals surface area contributed by atoms with E-state index in [1.165, 1.54) is 0 Å². The van der Waals surface area contributed by atoms with Crippen LogP contribution >= 0.6 is 0 Å². The smallest absolute Gasteiger partial charge is 0.408 e. The Hall–Kier alpha value is -2.57. The molecule has 0 radical (unpaired) electrons. The van der Waals surface area contributed by atoms with E-state index in [0.29, 0.717) is 0 Å². The maximum Gasteiger partial charge on any atom is 0.408 e. The average molecular weight is 322 g/mol. The Kier molecular flexibility index (Phi) is 6.56. The number of primary amides is 1. The van der Waals surface area contributed by atoms with Crippen molar-refractivity contribution < 1.29 is 23.9 Å². The van der Waals surface area contributed by atoms with Crippen molar-refractivity contribution in [3.63, 3.8) is 0 Å². The molecule has 0 bridgehead atoms. The van der Waals surface area contributed by atoms with Crippen LogP contribution in [0.1, 0.15) is 32.8 Å². The normalized spacial score (nSPS) is 12.1. The highest BCUT2D eigenvalue weighted by Gasteiger charge is 2.25. The summed E-state index contributed by atoms with van der Waals surface area (Å²) in [6.07, 6.45) is -1.19. The number of esters is 1. The minimum atomic E-state index is -1.19. The molecule has 7 heteroatoms. The van der Waals surface area contributed by atoms with Gasteiger partial charge in [-0.1, -0.05) is 30.3 Å². The minimum absolute atomic E-state index is 0.0462. The molecule has 7 nitrogen and oxygen atoms in total. The van der Waals surface area contributed by atoms with Gasteiger partial charge in [-0.25, -0.2) is 4.79 Å². The second kappa shape index (κ2) is 8.17. The lowest BCUT2D eigenvalue weighted by Gasteiger charge is -2.21. The topological polar surface area (TPSA) is 108 Å². The number of amides is 2. The zero-order valence-corrected chi connectivity index (χ0v) is 13.5. The molecular formula is C16H22N2O5. The fourth-order valence-electron chi connectivity index (χ4n) is 1.68. The molecule has 0 saturated heterocycles.